The van der Waals surface area contributed by atoms with E-state index in [4.69, 9.17) is 5.73 Å². The molecule has 1 amide bonds. The minimum atomic E-state index is 0. The molecule has 0 aromatic rings. The van der Waals surface area contributed by atoms with Crippen molar-refractivity contribution in [3.8, 4) is 0 Å². The lowest BCUT2D eigenvalue weighted by atomic mass is 9.71. The summed E-state index contributed by atoms with van der Waals surface area (Å²) < 4.78 is 0. The summed E-state index contributed by atoms with van der Waals surface area (Å²) in [5.41, 5.74) is 6.15. The van der Waals surface area contributed by atoms with Crippen molar-refractivity contribution >= 4 is 30.7 Å². The third-order valence-corrected chi connectivity index (χ3v) is 6.06. The van der Waals surface area contributed by atoms with Crippen molar-refractivity contribution in [3.63, 3.8) is 0 Å². The van der Waals surface area contributed by atoms with E-state index in [9.17, 15) is 4.79 Å². The highest BCUT2D eigenvalue weighted by Gasteiger charge is 2.37. The Morgan fingerprint density at radius 3 is 2.43 bits per heavy atom. The van der Waals surface area contributed by atoms with Crippen LogP contribution in [0, 0.1) is 5.41 Å². The third kappa shape index (κ3) is 4.97. The molecule has 0 bridgehead atoms. The van der Waals surface area contributed by atoms with Crippen LogP contribution in [0.15, 0.2) is 0 Å². The van der Waals surface area contributed by atoms with Crippen molar-refractivity contribution in [1.29, 1.82) is 0 Å². The monoisotopic (exact) mass is 365 g/mol. The van der Waals surface area contributed by atoms with Crippen LogP contribution in [-0.4, -0.2) is 54.5 Å². The van der Waals surface area contributed by atoms with Gasteiger partial charge in [-0.05, 0) is 44.2 Å². The average molecular weight is 366 g/mol. The van der Waals surface area contributed by atoms with Gasteiger partial charge in [0.2, 0.25) is 5.91 Å². The van der Waals surface area contributed by atoms with Gasteiger partial charge in [0.25, 0.3) is 0 Å². The highest BCUT2D eigenvalue weighted by atomic mass is 35.5. The Labute approximate surface area is 153 Å². The van der Waals surface area contributed by atoms with Crippen LogP contribution in [-0.2, 0) is 4.79 Å². The summed E-state index contributed by atoms with van der Waals surface area (Å²) in [7, 11) is 0. The number of halogens is 2. The number of piperidine rings is 1. The maximum atomic E-state index is 12.8. The van der Waals surface area contributed by atoms with Gasteiger partial charge in [0.1, 0.15) is 0 Å². The molecule has 3 aliphatic rings. The lowest BCUT2D eigenvalue weighted by Gasteiger charge is -2.45. The van der Waals surface area contributed by atoms with Gasteiger partial charge in [-0.25, -0.2) is 0 Å². The van der Waals surface area contributed by atoms with E-state index in [1.807, 2.05) is 0 Å². The first kappa shape index (κ1) is 21.0. The molecular weight excluding hydrogens is 333 g/mol. The van der Waals surface area contributed by atoms with Gasteiger partial charge in [-0.1, -0.05) is 25.7 Å². The Bertz CT molecular complexity index is 375. The second kappa shape index (κ2) is 9.45. The molecule has 1 aliphatic carbocycles. The number of piperazine rings is 1. The zero-order valence-corrected chi connectivity index (χ0v) is 15.8. The zero-order chi connectivity index (χ0) is 14.7. The Balaban J connectivity index is 0.00000132. The lowest BCUT2D eigenvalue weighted by molar-refractivity contribution is -0.137. The summed E-state index contributed by atoms with van der Waals surface area (Å²) in [5.74, 6) is 0.368. The molecule has 0 spiro atoms. The van der Waals surface area contributed by atoms with Crippen LogP contribution < -0.4 is 5.73 Å². The molecule has 1 saturated carbocycles. The van der Waals surface area contributed by atoms with Crippen LogP contribution in [0.25, 0.3) is 0 Å². The summed E-state index contributed by atoms with van der Waals surface area (Å²) in [6.07, 6.45) is 10.7. The molecule has 23 heavy (non-hydrogen) atoms. The highest BCUT2D eigenvalue weighted by Crippen LogP contribution is 2.39. The summed E-state index contributed by atoms with van der Waals surface area (Å²) in [6.45, 7) is 4.88. The van der Waals surface area contributed by atoms with Crippen LogP contribution in [0.3, 0.4) is 0 Å². The molecule has 2 N–H and O–H groups in total. The van der Waals surface area contributed by atoms with Gasteiger partial charge >= 0.3 is 0 Å². The van der Waals surface area contributed by atoms with Crippen molar-refractivity contribution in [2.24, 2.45) is 11.1 Å². The smallest absolute Gasteiger partial charge is 0.223 e. The van der Waals surface area contributed by atoms with E-state index in [0.29, 0.717) is 24.9 Å². The van der Waals surface area contributed by atoms with E-state index < -0.39 is 0 Å². The SMILES string of the molecule is Cl.Cl.NCC1(CC(=O)N2CCN3CCCCC3C2)CCCCC1. The largest absolute Gasteiger partial charge is 0.340 e. The topological polar surface area (TPSA) is 49.6 Å². The molecule has 2 aliphatic heterocycles. The number of carbonyl (C=O) groups is 1. The van der Waals surface area contributed by atoms with Gasteiger partial charge in [-0.3, -0.25) is 9.69 Å². The second-order valence-electron chi connectivity index (χ2n) is 7.47. The number of rotatable bonds is 3. The van der Waals surface area contributed by atoms with Gasteiger partial charge in [-0.15, -0.1) is 24.8 Å². The molecule has 1 unspecified atom stereocenters. The predicted molar refractivity (Wildman–Crippen MR) is 99.5 cm³/mol. The third-order valence-electron chi connectivity index (χ3n) is 6.06. The molecule has 0 aromatic heterocycles. The number of fused-ring (bicyclic) bond motifs is 1. The van der Waals surface area contributed by atoms with Gasteiger partial charge in [-0.2, -0.15) is 0 Å². The quantitative estimate of drug-likeness (QED) is 0.836. The minimum absolute atomic E-state index is 0. The fourth-order valence-corrected chi connectivity index (χ4v) is 4.57. The fraction of sp³-hybridized carbons (Fsp3) is 0.941. The Morgan fingerprint density at radius 1 is 1.00 bits per heavy atom. The number of hydrogen-bond donors (Lipinski definition) is 1. The lowest BCUT2D eigenvalue weighted by Crippen LogP contribution is -2.56. The molecule has 1 atom stereocenters. The van der Waals surface area contributed by atoms with Crippen molar-refractivity contribution < 1.29 is 4.79 Å². The number of hydrogen-bond acceptors (Lipinski definition) is 3. The van der Waals surface area contributed by atoms with Crippen molar-refractivity contribution in [2.75, 3.05) is 32.7 Å². The van der Waals surface area contributed by atoms with Gasteiger partial charge < -0.3 is 10.6 Å². The first-order valence-electron chi connectivity index (χ1n) is 8.94. The molecule has 136 valence electrons. The summed E-state index contributed by atoms with van der Waals surface area (Å²) in [6, 6.07) is 0.622. The molecule has 4 nitrogen and oxygen atoms in total. The number of carbonyl (C=O) groups excluding carboxylic acids is 1. The number of nitrogens with two attached hydrogens (primary N) is 1. The Kier molecular flexibility index (Phi) is 8.64. The van der Waals surface area contributed by atoms with Crippen LogP contribution in [0.4, 0.5) is 0 Å². The standard InChI is InChI=1S/C17H31N3O.2ClH/c18-14-17(7-3-1-4-8-17)12-16(21)20-11-10-19-9-5-2-6-15(19)13-20;;/h15H,1-14,18H2;2*1H. The maximum Gasteiger partial charge on any atom is 0.223 e. The molecule has 3 rings (SSSR count). The van der Waals surface area contributed by atoms with Gasteiger partial charge in [0, 0.05) is 32.1 Å². The summed E-state index contributed by atoms with van der Waals surface area (Å²) in [4.78, 5) is 17.5. The van der Waals surface area contributed by atoms with E-state index in [1.54, 1.807) is 0 Å². The van der Waals surface area contributed by atoms with Crippen molar-refractivity contribution in [3.05, 3.63) is 0 Å². The normalized spacial score (nSPS) is 27.3. The average Bonchev–Trinajstić information content (AvgIpc) is 2.55. The zero-order valence-electron chi connectivity index (χ0n) is 14.2. The summed E-state index contributed by atoms with van der Waals surface area (Å²) in [5, 5.41) is 0. The van der Waals surface area contributed by atoms with Crippen molar-refractivity contribution in [1.82, 2.24) is 9.80 Å². The van der Waals surface area contributed by atoms with Crippen LogP contribution in [0.2, 0.25) is 0 Å². The van der Waals surface area contributed by atoms with E-state index in [2.05, 4.69) is 9.80 Å². The van der Waals surface area contributed by atoms with E-state index in [1.165, 1.54) is 45.1 Å². The summed E-state index contributed by atoms with van der Waals surface area (Å²) >= 11 is 0. The van der Waals surface area contributed by atoms with E-state index in [-0.39, 0.29) is 30.2 Å². The van der Waals surface area contributed by atoms with Gasteiger partial charge in [0.05, 0.1) is 0 Å². The first-order valence-corrected chi connectivity index (χ1v) is 8.94. The van der Waals surface area contributed by atoms with E-state index >= 15 is 0 Å². The fourth-order valence-electron chi connectivity index (χ4n) is 4.57. The molecule has 2 saturated heterocycles. The Morgan fingerprint density at radius 2 is 1.74 bits per heavy atom. The van der Waals surface area contributed by atoms with Crippen molar-refractivity contribution in [2.45, 2.75) is 63.8 Å². The molecule has 2 heterocycles. The highest BCUT2D eigenvalue weighted by molar-refractivity contribution is 5.85. The second-order valence-corrected chi connectivity index (χ2v) is 7.47. The molecule has 0 aromatic carbocycles. The molecule has 3 fully saturated rings. The molecule has 0 radical (unpaired) electrons. The van der Waals surface area contributed by atoms with E-state index in [0.717, 1.165) is 32.5 Å². The Hall–Kier alpha value is -0.0300. The predicted octanol–water partition coefficient (Wildman–Crippen LogP) is 2.83. The number of nitrogens with zero attached hydrogens (tertiary/aromatic N) is 2. The first-order chi connectivity index (χ1) is 10.2. The molecular formula is C17H33Cl2N3O. The van der Waals surface area contributed by atoms with Gasteiger partial charge in [0.15, 0.2) is 0 Å². The van der Waals surface area contributed by atoms with Crippen LogP contribution in [0.1, 0.15) is 57.8 Å². The van der Waals surface area contributed by atoms with Crippen LogP contribution in [0.5, 0.6) is 0 Å². The maximum absolute atomic E-state index is 12.8. The molecule has 6 heteroatoms. The van der Waals surface area contributed by atoms with Crippen LogP contribution >= 0.6 is 24.8 Å². The minimum Gasteiger partial charge on any atom is -0.340 e. The number of amides is 1.